The molecule has 6 heteroatoms. The SMILES string of the molecule is COc1ccc(Br)cc1C(=O)N/N=C(/C)c1ccc(F)cc1. The van der Waals surface area contributed by atoms with Crippen molar-refractivity contribution in [3.63, 3.8) is 0 Å². The Balaban J connectivity index is 2.17. The number of hydrogen-bond donors (Lipinski definition) is 1. The fourth-order valence-corrected chi connectivity index (χ4v) is 2.17. The zero-order chi connectivity index (χ0) is 16.1. The molecule has 0 aliphatic heterocycles. The van der Waals surface area contributed by atoms with E-state index in [0.29, 0.717) is 17.0 Å². The molecule has 0 aliphatic rings. The minimum Gasteiger partial charge on any atom is -0.496 e. The Labute approximate surface area is 136 Å². The Morgan fingerprint density at radius 2 is 1.91 bits per heavy atom. The van der Waals surface area contributed by atoms with Crippen LogP contribution in [0.25, 0.3) is 0 Å². The summed E-state index contributed by atoms with van der Waals surface area (Å²) in [5.74, 6) is -0.255. The van der Waals surface area contributed by atoms with Crippen LogP contribution < -0.4 is 10.2 Å². The highest BCUT2D eigenvalue weighted by atomic mass is 79.9. The maximum absolute atomic E-state index is 12.9. The largest absolute Gasteiger partial charge is 0.496 e. The van der Waals surface area contributed by atoms with Crippen molar-refractivity contribution in [2.24, 2.45) is 5.10 Å². The molecule has 1 amide bonds. The molecule has 22 heavy (non-hydrogen) atoms. The summed E-state index contributed by atoms with van der Waals surface area (Å²) in [6, 6.07) is 11.0. The van der Waals surface area contributed by atoms with Crippen LogP contribution >= 0.6 is 15.9 Å². The summed E-state index contributed by atoms with van der Waals surface area (Å²) in [6.07, 6.45) is 0. The van der Waals surface area contributed by atoms with Gasteiger partial charge in [-0.25, -0.2) is 9.82 Å². The van der Waals surface area contributed by atoms with Gasteiger partial charge in [0.1, 0.15) is 11.6 Å². The zero-order valence-electron chi connectivity index (χ0n) is 12.1. The molecular formula is C16H14BrFN2O2. The summed E-state index contributed by atoms with van der Waals surface area (Å²) >= 11 is 3.31. The van der Waals surface area contributed by atoms with Gasteiger partial charge in [-0.3, -0.25) is 4.79 Å². The molecule has 0 spiro atoms. The quantitative estimate of drug-likeness (QED) is 0.663. The van der Waals surface area contributed by atoms with Crippen molar-refractivity contribution >= 4 is 27.5 Å². The summed E-state index contributed by atoms with van der Waals surface area (Å²) in [5.41, 5.74) is 4.13. The smallest absolute Gasteiger partial charge is 0.275 e. The Kier molecular flexibility index (Phi) is 5.27. The molecule has 0 aliphatic carbocycles. The van der Waals surface area contributed by atoms with Gasteiger partial charge in [0.15, 0.2) is 0 Å². The molecule has 1 N–H and O–H groups in total. The number of benzene rings is 2. The topological polar surface area (TPSA) is 50.7 Å². The Hall–Kier alpha value is -2.21. The van der Waals surface area contributed by atoms with E-state index in [1.807, 2.05) is 0 Å². The highest BCUT2D eigenvalue weighted by molar-refractivity contribution is 9.10. The molecule has 0 saturated heterocycles. The summed E-state index contributed by atoms with van der Waals surface area (Å²) in [5, 5.41) is 4.03. The second-order valence-corrected chi connectivity index (χ2v) is 5.41. The first-order valence-electron chi connectivity index (χ1n) is 6.45. The van der Waals surface area contributed by atoms with E-state index >= 15 is 0 Å². The molecule has 4 nitrogen and oxygen atoms in total. The Bertz CT molecular complexity index is 715. The predicted molar refractivity (Wildman–Crippen MR) is 86.8 cm³/mol. The van der Waals surface area contributed by atoms with Crippen LogP contribution in [0.15, 0.2) is 52.0 Å². The molecule has 0 radical (unpaired) electrons. The van der Waals surface area contributed by atoms with Crippen molar-refractivity contribution < 1.29 is 13.9 Å². The molecule has 0 fully saturated rings. The van der Waals surface area contributed by atoms with Crippen LogP contribution in [0.2, 0.25) is 0 Å². The maximum atomic E-state index is 12.9. The number of nitrogens with one attached hydrogen (secondary N) is 1. The van der Waals surface area contributed by atoms with E-state index in [9.17, 15) is 9.18 Å². The predicted octanol–water partition coefficient (Wildman–Crippen LogP) is 3.75. The molecule has 2 rings (SSSR count). The van der Waals surface area contributed by atoms with Crippen LogP contribution in [0.1, 0.15) is 22.8 Å². The number of hydrazone groups is 1. The highest BCUT2D eigenvalue weighted by Gasteiger charge is 2.12. The summed E-state index contributed by atoms with van der Waals surface area (Å²) in [7, 11) is 1.49. The van der Waals surface area contributed by atoms with Gasteiger partial charge in [0.05, 0.1) is 18.4 Å². The molecule has 0 aromatic heterocycles. The number of carbonyl (C=O) groups excluding carboxylic acids is 1. The van der Waals surface area contributed by atoms with E-state index in [1.54, 1.807) is 37.3 Å². The summed E-state index contributed by atoms with van der Waals surface area (Å²) in [4.78, 5) is 12.2. The Morgan fingerprint density at radius 3 is 2.55 bits per heavy atom. The molecule has 0 heterocycles. The number of halogens is 2. The number of ether oxygens (including phenoxy) is 1. The van der Waals surface area contributed by atoms with E-state index in [-0.39, 0.29) is 11.7 Å². The zero-order valence-corrected chi connectivity index (χ0v) is 13.6. The molecule has 0 bridgehead atoms. The van der Waals surface area contributed by atoms with E-state index < -0.39 is 0 Å². The lowest BCUT2D eigenvalue weighted by Crippen LogP contribution is -2.20. The number of amides is 1. The first-order chi connectivity index (χ1) is 10.5. The third kappa shape index (κ3) is 3.92. The maximum Gasteiger partial charge on any atom is 0.275 e. The molecule has 0 saturated carbocycles. The van der Waals surface area contributed by atoms with Crippen molar-refractivity contribution in [2.75, 3.05) is 7.11 Å². The van der Waals surface area contributed by atoms with Crippen LogP contribution in [0, 0.1) is 5.82 Å². The van der Waals surface area contributed by atoms with Gasteiger partial charge in [-0.2, -0.15) is 5.10 Å². The van der Waals surface area contributed by atoms with E-state index in [4.69, 9.17) is 4.74 Å². The van der Waals surface area contributed by atoms with Crippen molar-refractivity contribution in [1.82, 2.24) is 5.43 Å². The normalized spacial score (nSPS) is 11.2. The minimum absolute atomic E-state index is 0.320. The van der Waals surface area contributed by atoms with Gasteiger partial charge >= 0.3 is 0 Å². The van der Waals surface area contributed by atoms with E-state index in [1.165, 1.54) is 19.2 Å². The standard InChI is InChI=1S/C16H14BrFN2O2/c1-10(11-3-6-13(18)7-4-11)19-20-16(21)14-9-12(17)5-8-15(14)22-2/h3-9H,1-2H3,(H,20,21)/b19-10-. The van der Waals surface area contributed by atoms with Crippen molar-refractivity contribution in [2.45, 2.75) is 6.92 Å². The first kappa shape index (κ1) is 16.2. The Morgan fingerprint density at radius 1 is 1.23 bits per heavy atom. The molecule has 2 aromatic rings. The van der Waals surface area contributed by atoms with Gasteiger partial charge in [-0.1, -0.05) is 28.1 Å². The molecule has 0 unspecified atom stereocenters. The fraction of sp³-hybridized carbons (Fsp3) is 0.125. The van der Waals surface area contributed by atoms with Crippen molar-refractivity contribution in [1.29, 1.82) is 0 Å². The molecule has 0 atom stereocenters. The molecule has 114 valence electrons. The number of nitrogens with zero attached hydrogens (tertiary/aromatic N) is 1. The second-order valence-electron chi connectivity index (χ2n) is 4.49. The second kappa shape index (κ2) is 7.17. The highest BCUT2D eigenvalue weighted by Crippen LogP contribution is 2.22. The fourth-order valence-electron chi connectivity index (χ4n) is 1.81. The van der Waals surface area contributed by atoms with Gasteiger partial charge in [0.2, 0.25) is 0 Å². The summed E-state index contributed by atoms with van der Waals surface area (Å²) < 4.78 is 18.8. The average molecular weight is 365 g/mol. The monoisotopic (exact) mass is 364 g/mol. The van der Waals surface area contributed by atoms with Gasteiger partial charge in [-0.15, -0.1) is 0 Å². The van der Waals surface area contributed by atoms with E-state index in [0.717, 1.165) is 10.0 Å². The number of methoxy groups -OCH3 is 1. The molecule has 2 aromatic carbocycles. The van der Waals surface area contributed by atoms with Crippen LogP contribution in [-0.2, 0) is 0 Å². The number of rotatable bonds is 4. The third-order valence-corrected chi connectivity index (χ3v) is 3.49. The van der Waals surface area contributed by atoms with Crippen LogP contribution in [-0.4, -0.2) is 18.7 Å². The van der Waals surface area contributed by atoms with Crippen LogP contribution in [0.5, 0.6) is 5.75 Å². The lowest BCUT2D eigenvalue weighted by molar-refractivity contribution is 0.0951. The van der Waals surface area contributed by atoms with Gasteiger partial charge < -0.3 is 4.74 Å². The van der Waals surface area contributed by atoms with Crippen molar-refractivity contribution in [3.8, 4) is 5.75 Å². The number of carbonyl (C=O) groups is 1. The van der Waals surface area contributed by atoms with Gasteiger partial charge in [0.25, 0.3) is 5.91 Å². The van der Waals surface area contributed by atoms with Gasteiger partial charge in [0, 0.05) is 4.47 Å². The van der Waals surface area contributed by atoms with E-state index in [2.05, 4.69) is 26.5 Å². The average Bonchev–Trinajstić information content (AvgIpc) is 2.53. The third-order valence-electron chi connectivity index (χ3n) is 2.99. The van der Waals surface area contributed by atoms with Crippen LogP contribution in [0.3, 0.4) is 0 Å². The minimum atomic E-state index is -0.389. The lowest BCUT2D eigenvalue weighted by Gasteiger charge is -2.08. The van der Waals surface area contributed by atoms with Crippen molar-refractivity contribution in [3.05, 3.63) is 63.9 Å². The van der Waals surface area contributed by atoms with Gasteiger partial charge in [-0.05, 0) is 42.8 Å². The number of hydrogen-bond acceptors (Lipinski definition) is 3. The first-order valence-corrected chi connectivity index (χ1v) is 7.24. The van der Waals surface area contributed by atoms with Crippen LogP contribution in [0.4, 0.5) is 4.39 Å². The lowest BCUT2D eigenvalue weighted by atomic mass is 10.1. The molecular weight excluding hydrogens is 351 g/mol. The summed E-state index contributed by atoms with van der Waals surface area (Å²) in [6.45, 7) is 1.73.